The molecule has 4 rings (SSSR count). The van der Waals surface area contributed by atoms with Crippen molar-refractivity contribution in [1.82, 2.24) is 4.90 Å². The summed E-state index contributed by atoms with van der Waals surface area (Å²) in [4.78, 5) is 15.7. The van der Waals surface area contributed by atoms with Gasteiger partial charge in [-0.3, -0.25) is 4.79 Å². The summed E-state index contributed by atoms with van der Waals surface area (Å²) in [5.74, 6) is -0.0983. The molecule has 1 fully saturated rings. The van der Waals surface area contributed by atoms with E-state index in [1.54, 1.807) is 0 Å². The van der Waals surface area contributed by atoms with Crippen molar-refractivity contribution in [3.8, 4) is 0 Å². The van der Waals surface area contributed by atoms with Gasteiger partial charge < -0.3 is 16.4 Å². The van der Waals surface area contributed by atoms with Gasteiger partial charge in [-0.15, -0.1) is 0 Å². The lowest BCUT2D eigenvalue weighted by Crippen LogP contribution is -2.48. The molecule has 0 aromatic heterocycles. The molecule has 2 atom stereocenters. The lowest BCUT2D eigenvalue weighted by Gasteiger charge is -2.38. The van der Waals surface area contributed by atoms with Crippen LogP contribution in [0.5, 0.6) is 0 Å². The van der Waals surface area contributed by atoms with Crippen molar-refractivity contribution in [2.45, 2.75) is 37.1 Å². The number of carbonyl (C=O) groups excluding carboxylic acids is 1. The number of benzene rings is 3. The maximum absolute atomic E-state index is 13.2. The first-order chi connectivity index (χ1) is 15.5. The molecule has 0 spiro atoms. The molecule has 0 heterocycles. The number of carbonyl (C=O) groups is 1. The maximum Gasteiger partial charge on any atom is 0.232 e. The highest BCUT2D eigenvalue weighted by Gasteiger charge is 2.50. The fraction of sp³-hybridized carbons (Fsp3) is 0.321. The van der Waals surface area contributed by atoms with Gasteiger partial charge in [0.1, 0.15) is 5.41 Å². The van der Waals surface area contributed by atoms with Gasteiger partial charge in [0.2, 0.25) is 5.91 Å². The number of primary amides is 1. The van der Waals surface area contributed by atoms with E-state index < -0.39 is 5.41 Å². The Morgan fingerprint density at radius 1 is 0.906 bits per heavy atom. The lowest BCUT2D eigenvalue weighted by molar-refractivity contribution is -0.123. The Bertz CT molecular complexity index is 978. The van der Waals surface area contributed by atoms with E-state index in [1.165, 1.54) is 5.56 Å². The first kappa shape index (κ1) is 22.1. The maximum atomic E-state index is 13.2. The molecule has 3 aromatic carbocycles. The van der Waals surface area contributed by atoms with Gasteiger partial charge in [0.15, 0.2) is 0 Å². The van der Waals surface area contributed by atoms with Gasteiger partial charge >= 0.3 is 0 Å². The third-order valence-corrected chi connectivity index (χ3v) is 7.22. The molecular formula is C28H33N3O. The SMILES string of the molecule is CN(CCc1ccc(N)cc1)C1CCC(C(C(N)=O)(c2ccccc2)c2ccccc2)C1. The van der Waals surface area contributed by atoms with Crippen molar-refractivity contribution in [3.05, 3.63) is 102 Å². The summed E-state index contributed by atoms with van der Waals surface area (Å²) < 4.78 is 0. The number of hydrogen-bond acceptors (Lipinski definition) is 3. The number of nitrogens with two attached hydrogens (primary N) is 2. The molecule has 4 N–H and O–H groups in total. The molecule has 4 nitrogen and oxygen atoms in total. The Labute approximate surface area is 191 Å². The van der Waals surface area contributed by atoms with E-state index in [0.29, 0.717) is 6.04 Å². The molecule has 2 unspecified atom stereocenters. The van der Waals surface area contributed by atoms with Crippen LogP contribution in [0.1, 0.15) is 36.0 Å². The number of rotatable bonds is 8. The standard InChI is InChI=1S/C28H33N3O/c1-31(19-18-21-12-15-25(29)16-13-21)26-17-14-24(20-26)28(27(30)32,22-8-4-2-5-9-22)23-10-6-3-7-11-23/h2-13,15-16,24,26H,14,17-20,29H2,1H3,(H2,30,32). The van der Waals surface area contributed by atoms with Gasteiger partial charge in [0, 0.05) is 18.3 Å². The highest BCUT2D eigenvalue weighted by Crippen LogP contribution is 2.47. The van der Waals surface area contributed by atoms with Crippen molar-refractivity contribution in [2.24, 2.45) is 11.7 Å². The Balaban J connectivity index is 1.57. The van der Waals surface area contributed by atoms with Crippen LogP contribution in [0, 0.1) is 5.92 Å². The fourth-order valence-corrected chi connectivity index (χ4v) is 5.45. The van der Waals surface area contributed by atoms with Gasteiger partial charge in [0.25, 0.3) is 0 Å². The summed E-state index contributed by atoms with van der Waals surface area (Å²) in [7, 11) is 2.20. The first-order valence-corrected chi connectivity index (χ1v) is 11.5. The molecule has 166 valence electrons. The summed E-state index contributed by atoms with van der Waals surface area (Å²) in [6, 6.07) is 28.7. The molecule has 4 heteroatoms. The van der Waals surface area contributed by atoms with Crippen LogP contribution in [0.3, 0.4) is 0 Å². The fourth-order valence-electron chi connectivity index (χ4n) is 5.45. The van der Waals surface area contributed by atoms with Crippen molar-refractivity contribution >= 4 is 11.6 Å². The normalized spacial score (nSPS) is 18.7. The number of nitrogens with zero attached hydrogens (tertiary/aromatic N) is 1. The van der Waals surface area contributed by atoms with E-state index in [0.717, 1.165) is 49.0 Å². The zero-order chi connectivity index (χ0) is 22.6. The smallest absolute Gasteiger partial charge is 0.232 e. The highest BCUT2D eigenvalue weighted by atomic mass is 16.1. The monoisotopic (exact) mass is 427 g/mol. The molecule has 1 aliphatic carbocycles. The Hall–Kier alpha value is -3.11. The zero-order valence-electron chi connectivity index (χ0n) is 18.8. The molecule has 1 amide bonds. The van der Waals surface area contributed by atoms with E-state index in [4.69, 9.17) is 11.5 Å². The number of nitrogen functional groups attached to an aromatic ring is 1. The minimum absolute atomic E-state index is 0.161. The minimum atomic E-state index is -0.810. The second kappa shape index (κ2) is 9.58. The summed E-state index contributed by atoms with van der Waals surface area (Å²) in [6.07, 6.45) is 3.97. The Kier molecular flexibility index (Phi) is 6.61. The van der Waals surface area contributed by atoms with Gasteiger partial charge in [-0.2, -0.15) is 0 Å². The summed E-state index contributed by atoms with van der Waals surface area (Å²) in [6.45, 7) is 0.974. The third kappa shape index (κ3) is 4.28. The van der Waals surface area contributed by atoms with Gasteiger partial charge in [-0.05, 0) is 67.5 Å². The van der Waals surface area contributed by atoms with E-state index in [9.17, 15) is 4.79 Å². The predicted molar refractivity (Wildman–Crippen MR) is 131 cm³/mol. The Morgan fingerprint density at radius 2 is 1.47 bits per heavy atom. The van der Waals surface area contributed by atoms with E-state index in [2.05, 4.69) is 48.3 Å². The van der Waals surface area contributed by atoms with Crippen LogP contribution in [0.15, 0.2) is 84.9 Å². The average molecular weight is 428 g/mol. The van der Waals surface area contributed by atoms with Gasteiger partial charge in [-0.25, -0.2) is 0 Å². The minimum Gasteiger partial charge on any atom is -0.399 e. The topological polar surface area (TPSA) is 72.3 Å². The van der Waals surface area contributed by atoms with Crippen LogP contribution in [-0.4, -0.2) is 30.4 Å². The zero-order valence-corrected chi connectivity index (χ0v) is 18.8. The van der Waals surface area contributed by atoms with Crippen LogP contribution in [-0.2, 0) is 16.6 Å². The number of likely N-dealkylation sites (N-methyl/N-ethyl adjacent to an activating group) is 1. The van der Waals surface area contributed by atoms with Gasteiger partial charge in [-0.1, -0.05) is 72.8 Å². The third-order valence-electron chi connectivity index (χ3n) is 7.22. The lowest BCUT2D eigenvalue weighted by atomic mass is 9.64. The van der Waals surface area contributed by atoms with Crippen molar-refractivity contribution in [3.63, 3.8) is 0 Å². The largest absolute Gasteiger partial charge is 0.399 e. The van der Waals surface area contributed by atoms with Crippen molar-refractivity contribution < 1.29 is 4.79 Å². The van der Waals surface area contributed by atoms with E-state index in [-0.39, 0.29) is 11.8 Å². The van der Waals surface area contributed by atoms with Crippen LogP contribution in [0.4, 0.5) is 5.69 Å². The second-order valence-electron chi connectivity index (χ2n) is 9.04. The molecule has 0 aliphatic heterocycles. The summed E-state index contributed by atoms with van der Waals surface area (Å²) in [5.41, 5.74) is 15.3. The van der Waals surface area contributed by atoms with E-state index >= 15 is 0 Å². The summed E-state index contributed by atoms with van der Waals surface area (Å²) in [5, 5.41) is 0. The molecule has 0 bridgehead atoms. The quantitative estimate of drug-likeness (QED) is 0.524. The van der Waals surface area contributed by atoms with Crippen LogP contribution < -0.4 is 11.5 Å². The average Bonchev–Trinajstić information content (AvgIpc) is 3.31. The van der Waals surface area contributed by atoms with Crippen LogP contribution >= 0.6 is 0 Å². The number of anilines is 1. The number of amides is 1. The van der Waals surface area contributed by atoms with Crippen LogP contribution in [0.25, 0.3) is 0 Å². The molecule has 1 aliphatic rings. The van der Waals surface area contributed by atoms with Crippen LogP contribution in [0.2, 0.25) is 0 Å². The van der Waals surface area contributed by atoms with Crippen molar-refractivity contribution in [2.75, 3.05) is 19.3 Å². The summed E-state index contributed by atoms with van der Waals surface area (Å²) >= 11 is 0. The van der Waals surface area contributed by atoms with E-state index in [1.807, 2.05) is 48.5 Å². The second-order valence-corrected chi connectivity index (χ2v) is 9.04. The molecule has 32 heavy (non-hydrogen) atoms. The Morgan fingerprint density at radius 3 is 2.00 bits per heavy atom. The highest BCUT2D eigenvalue weighted by molar-refractivity contribution is 5.91. The first-order valence-electron chi connectivity index (χ1n) is 11.5. The molecular weight excluding hydrogens is 394 g/mol. The molecule has 0 saturated heterocycles. The number of hydrogen-bond donors (Lipinski definition) is 2. The molecule has 1 saturated carbocycles. The molecule has 3 aromatic rings. The predicted octanol–water partition coefficient (Wildman–Crippen LogP) is 4.38. The van der Waals surface area contributed by atoms with Gasteiger partial charge in [0.05, 0.1) is 0 Å². The molecule has 0 radical (unpaired) electrons. The van der Waals surface area contributed by atoms with Crippen molar-refractivity contribution in [1.29, 1.82) is 0 Å².